The summed E-state index contributed by atoms with van der Waals surface area (Å²) in [5.41, 5.74) is 2.64. The third kappa shape index (κ3) is 4.36. The molecule has 26 heavy (non-hydrogen) atoms. The molecule has 0 saturated heterocycles. The molecule has 1 amide bonds. The first-order valence-electron chi connectivity index (χ1n) is 8.14. The van der Waals surface area contributed by atoms with E-state index in [2.05, 4.69) is 15.5 Å². The Bertz CT molecular complexity index is 900. The Morgan fingerprint density at radius 3 is 2.54 bits per heavy atom. The number of nitrogens with one attached hydrogen (secondary N) is 1. The number of benzene rings is 2. The molecule has 0 aliphatic heterocycles. The van der Waals surface area contributed by atoms with E-state index in [1.165, 1.54) is 6.08 Å². The summed E-state index contributed by atoms with van der Waals surface area (Å²) >= 11 is 0. The van der Waals surface area contributed by atoms with Crippen molar-refractivity contribution >= 4 is 11.5 Å². The highest BCUT2D eigenvalue weighted by molar-refractivity contribution is 5.94. The number of hydrogen-bond acceptors (Lipinski definition) is 5. The second-order valence-electron chi connectivity index (χ2n) is 5.64. The van der Waals surface area contributed by atoms with Crippen LogP contribution in [0.3, 0.4) is 0 Å². The molecule has 0 fully saturated rings. The van der Waals surface area contributed by atoms with Gasteiger partial charge < -0.3 is 14.5 Å². The van der Waals surface area contributed by atoms with Gasteiger partial charge in [-0.3, -0.25) is 4.79 Å². The molecule has 3 rings (SSSR count). The lowest BCUT2D eigenvalue weighted by Gasteiger charge is -2.04. The topological polar surface area (TPSA) is 77.2 Å². The molecule has 6 heteroatoms. The van der Waals surface area contributed by atoms with Crippen molar-refractivity contribution in [2.75, 3.05) is 7.11 Å². The van der Waals surface area contributed by atoms with Crippen molar-refractivity contribution in [1.29, 1.82) is 0 Å². The molecule has 0 radical (unpaired) electrons. The Labute approximate surface area is 151 Å². The predicted octanol–water partition coefficient (Wildman–Crippen LogP) is 3.46. The number of carbonyl (C=O) groups is 1. The fourth-order valence-electron chi connectivity index (χ4n) is 2.37. The van der Waals surface area contributed by atoms with Gasteiger partial charge in [0.05, 0.1) is 13.7 Å². The quantitative estimate of drug-likeness (QED) is 0.690. The van der Waals surface area contributed by atoms with E-state index in [0.29, 0.717) is 11.8 Å². The highest BCUT2D eigenvalue weighted by atomic mass is 16.5. The Morgan fingerprint density at radius 1 is 1.12 bits per heavy atom. The molecule has 0 aliphatic rings. The largest absolute Gasteiger partial charge is 0.497 e. The summed E-state index contributed by atoms with van der Waals surface area (Å²) in [5, 5.41) is 10.7. The Morgan fingerprint density at radius 2 is 1.85 bits per heavy atom. The van der Waals surface area contributed by atoms with Gasteiger partial charge in [-0.2, -0.15) is 0 Å². The van der Waals surface area contributed by atoms with Crippen LogP contribution in [0.4, 0.5) is 0 Å². The molecule has 0 aliphatic carbocycles. The third-order valence-corrected chi connectivity index (χ3v) is 3.79. The van der Waals surface area contributed by atoms with Gasteiger partial charge in [0.2, 0.25) is 17.7 Å². The second kappa shape index (κ2) is 8.11. The Hall–Kier alpha value is -3.41. The molecule has 1 N–H and O–H groups in total. The maximum absolute atomic E-state index is 12.1. The van der Waals surface area contributed by atoms with Crippen molar-refractivity contribution in [2.24, 2.45) is 0 Å². The molecule has 1 aromatic heterocycles. The fraction of sp³-hybridized carbons (Fsp3) is 0.150. The highest BCUT2D eigenvalue weighted by Crippen LogP contribution is 2.18. The standard InChI is InChI=1S/C20H19N3O3/c1-14(15-8-10-17(25-2)11-9-15)12-18(24)21-13-19-22-23-20(26-19)16-6-4-3-5-7-16/h3-12H,13H2,1-2H3,(H,21,24)/b14-12+. The molecule has 6 nitrogen and oxygen atoms in total. The zero-order valence-electron chi connectivity index (χ0n) is 14.6. The summed E-state index contributed by atoms with van der Waals surface area (Å²) in [7, 11) is 1.62. The van der Waals surface area contributed by atoms with Gasteiger partial charge in [0.1, 0.15) is 5.75 Å². The maximum Gasteiger partial charge on any atom is 0.247 e. The highest BCUT2D eigenvalue weighted by Gasteiger charge is 2.09. The van der Waals surface area contributed by atoms with Crippen molar-refractivity contribution in [3.8, 4) is 17.2 Å². The van der Waals surface area contributed by atoms with Crippen molar-refractivity contribution in [2.45, 2.75) is 13.5 Å². The van der Waals surface area contributed by atoms with Gasteiger partial charge in [-0.15, -0.1) is 10.2 Å². The molecule has 0 spiro atoms. The van der Waals surface area contributed by atoms with E-state index in [1.807, 2.05) is 61.5 Å². The third-order valence-electron chi connectivity index (χ3n) is 3.79. The molecule has 0 saturated carbocycles. The minimum Gasteiger partial charge on any atom is -0.497 e. The number of ether oxygens (including phenoxy) is 1. The van der Waals surface area contributed by atoms with E-state index >= 15 is 0 Å². The second-order valence-corrected chi connectivity index (χ2v) is 5.64. The summed E-state index contributed by atoms with van der Waals surface area (Å²) in [6, 6.07) is 17.0. The molecule has 0 unspecified atom stereocenters. The van der Waals surface area contributed by atoms with Gasteiger partial charge in [0, 0.05) is 11.6 Å². The number of hydrogen-bond donors (Lipinski definition) is 1. The number of allylic oxidation sites excluding steroid dienone is 1. The van der Waals surface area contributed by atoms with Crippen LogP contribution in [-0.4, -0.2) is 23.2 Å². The van der Waals surface area contributed by atoms with Gasteiger partial charge in [-0.05, 0) is 42.3 Å². The molecular formula is C20H19N3O3. The van der Waals surface area contributed by atoms with Crippen molar-refractivity contribution < 1.29 is 13.9 Å². The summed E-state index contributed by atoms with van der Waals surface area (Å²) in [4.78, 5) is 12.1. The van der Waals surface area contributed by atoms with E-state index in [4.69, 9.17) is 9.15 Å². The number of carbonyl (C=O) groups excluding carboxylic acids is 1. The molecule has 2 aromatic carbocycles. The summed E-state index contributed by atoms with van der Waals surface area (Å²) in [6.07, 6.45) is 1.54. The van der Waals surface area contributed by atoms with Gasteiger partial charge in [0.15, 0.2) is 0 Å². The first-order valence-corrected chi connectivity index (χ1v) is 8.14. The number of methoxy groups -OCH3 is 1. The predicted molar refractivity (Wildman–Crippen MR) is 98.2 cm³/mol. The van der Waals surface area contributed by atoms with Crippen LogP contribution in [0.15, 0.2) is 65.1 Å². The smallest absolute Gasteiger partial charge is 0.247 e. The molecule has 132 valence electrons. The monoisotopic (exact) mass is 349 g/mol. The lowest BCUT2D eigenvalue weighted by Crippen LogP contribution is -2.20. The first kappa shape index (κ1) is 17.4. The van der Waals surface area contributed by atoms with Crippen LogP contribution in [0.25, 0.3) is 17.0 Å². The van der Waals surface area contributed by atoms with E-state index in [1.54, 1.807) is 7.11 Å². The van der Waals surface area contributed by atoms with Gasteiger partial charge in [-0.1, -0.05) is 30.3 Å². The average Bonchev–Trinajstić information content (AvgIpc) is 3.16. The SMILES string of the molecule is COc1ccc(/C(C)=C/C(=O)NCc2nnc(-c3ccccc3)o2)cc1. The van der Waals surface area contributed by atoms with E-state index in [9.17, 15) is 4.79 Å². The molecule has 0 atom stereocenters. The minimum atomic E-state index is -0.224. The van der Waals surface area contributed by atoms with Crippen LogP contribution in [0, 0.1) is 0 Å². The minimum absolute atomic E-state index is 0.172. The maximum atomic E-state index is 12.1. The molecule has 1 heterocycles. The lowest BCUT2D eigenvalue weighted by molar-refractivity contribution is -0.116. The van der Waals surface area contributed by atoms with Crippen LogP contribution < -0.4 is 10.1 Å². The fourth-order valence-corrected chi connectivity index (χ4v) is 2.37. The number of amides is 1. The van der Waals surface area contributed by atoms with Crippen LogP contribution >= 0.6 is 0 Å². The normalized spacial score (nSPS) is 11.2. The van der Waals surface area contributed by atoms with Crippen molar-refractivity contribution in [3.05, 3.63) is 72.1 Å². The van der Waals surface area contributed by atoms with Crippen molar-refractivity contribution in [3.63, 3.8) is 0 Å². The summed E-state index contributed by atoms with van der Waals surface area (Å²) in [5.74, 6) is 1.34. The van der Waals surface area contributed by atoms with Gasteiger partial charge in [0.25, 0.3) is 0 Å². The number of rotatable bonds is 6. The van der Waals surface area contributed by atoms with Gasteiger partial charge >= 0.3 is 0 Å². The first-order chi connectivity index (χ1) is 12.7. The average molecular weight is 349 g/mol. The molecule has 0 bridgehead atoms. The van der Waals surface area contributed by atoms with E-state index in [0.717, 1.165) is 22.4 Å². The van der Waals surface area contributed by atoms with E-state index < -0.39 is 0 Å². The molecule has 3 aromatic rings. The van der Waals surface area contributed by atoms with Gasteiger partial charge in [-0.25, -0.2) is 0 Å². The number of aromatic nitrogens is 2. The van der Waals surface area contributed by atoms with Crippen LogP contribution in [0.1, 0.15) is 18.4 Å². The van der Waals surface area contributed by atoms with E-state index in [-0.39, 0.29) is 12.5 Å². The number of nitrogens with zero attached hydrogens (tertiary/aromatic N) is 2. The Kier molecular flexibility index (Phi) is 5.43. The van der Waals surface area contributed by atoms with Crippen LogP contribution in [0.5, 0.6) is 5.75 Å². The Balaban J connectivity index is 1.59. The summed E-state index contributed by atoms with van der Waals surface area (Å²) in [6.45, 7) is 2.05. The van der Waals surface area contributed by atoms with Crippen molar-refractivity contribution in [1.82, 2.24) is 15.5 Å². The summed E-state index contributed by atoms with van der Waals surface area (Å²) < 4.78 is 10.7. The van der Waals surface area contributed by atoms with Crippen LogP contribution in [0.2, 0.25) is 0 Å². The lowest BCUT2D eigenvalue weighted by atomic mass is 10.1. The van der Waals surface area contributed by atoms with Crippen LogP contribution in [-0.2, 0) is 11.3 Å². The zero-order chi connectivity index (χ0) is 18.4. The zero-order valence-corrected chi connectivity index (χ0v) is 14.6. The molecular weight excluding hydrogens is 330 g/mol.